The highest BCUT2D eigenvalue weighted by atomic mass is 19.1. The van der Waals surface area contributed by atoms with E-state index in [1.54, 1.807) is 6.92 Å². The van der Waals surface area contributed by atoms with Gasteiger partial charge >= 0.3 is 0 Å². The fourth-order valence-electron chi connectivity index (χ4n) is 0.768. The van der Waals surface area contributed by atoms with Crippen molar-refractivity contribution in [3.8, 4) is 0 Å². The molecule has 0 fully saturated rings. The Hall–Kier alpha value is -1.43. The Morgan fingerprint density at radius 1 is 1.50 bits per heavy atom. The van der Waals surface area contributed by atoms with Crippen molar-refractivity contribution < 1.29 is 14.3 Å². The number of hydrogen-bond acceptors (Lipinski definition) is 3. The van der Waals surface area contributed by atoms with Crippen LogP contribution in [0.2, 0.25) is 0 Å². The summed E-state index contributed by atoms with van der Waals surface area (Å²) in [6.07, 6.45) is 2.96. The van der Waals surface area contributed by atoms with E-state index >= 15 is 0 Å². The number of nitrogens with zero attached hydrogens (tertiary/aromatic N) is 1. The van der Waals surface area contributed by atoms with E-state index in [2.05, 4.69) is 4.99 Å². The summed E-state index contributed by atoms with van der Waals surface area (Å²) >= 11 is 0. The minimum Gasteiger partial charge on any atom is -0.483 e. The summed E-state index contributed by atoms with van der Waals surface area (Å²) in [5, 5.41) is 6.89. The van der Waals surface area contributed by atoms with Crippen LogP contribution in [0.1, 0.15) is 40.5 Å². The minimum absolute atomic E-state index is 0.0429. The molecular formula is C12H26FN3O2. The quantitative estimate of drug-likeness (QED) is 0.401. The van der Waals surface area contributed by atoms with Crippen molar-refractivity contribution in [2.24, 2.45) is 16.5 Å². The molecule has 5 N–H and O–H groups in total. The average molecular weight is 263 g/mol. The summed E-state index contributed by atoms with van der Waals surface area (Å²) in [6, 6.07) is 0.115. The highest BCUT2D eigenvalue weighted by Gasteiger charge is 1.95. The van der Waals surface area contributed by atoms with Crippen molar-refractivity contribution in [2.45, 2.75) is 46.6 Å². The lowest BCUT2D eigenvalue weighted by atomic mass is 10.2. The first-order valence-corrected chi connectivity index (χ1v) is 5.88. The molecule has 0 aliphatic heterocycles. The number of carbonyl (C=O) groups is 1. The number of allylic oxidation sites excluding steroid dienone is 1. The fraction of sp³-hybridized carbons (Fsp3) is 0.667. The lowest BCUT2D eigenvalue weighted by Gasteiger charge is -2.00. The monoisotopic (exact) mass is 263 g/mol. The van der Waals surface area contributed by atoms with Crippen LogP contribution in [0, 0.1) is 0 Å². The van der Waals surface area contributed by atoms with Crippen LogP contribution in [0.15, 0.2) is 16.9 Å². The third-order valence-electron chi connectivity index (χ3n) is 1.47. The molecule has 0 saturated carbocycles. The first-order chi connectivity index (χ1) is 8.43. The highest BCUT2D eigenvalue weighted by Crippen LogP contribution is 2.02. The van der Waals surface area contributed by atoms with E-state index in [1.165, 1.54) is 6.08 Å². The standard InChI is InChI=1S/C9H18FN3.C2H6.CH2O2/c1-7(11)4-3-5-9(10)6-13-8(2)12;1-2;2-1-3/h5,7H,3-4,6,11H2,1-2H3,(H2,12,13);1-2H3;1H,(H,2,3)/b9-5+;;. The highest BCUT2D eigenvalue weighted by molar-refractivity contribution is 5.77. The Labute approximate surface area is 109 Å². The molecule has 0 saturated heterocycles. The maximum atomic E-state index is 12.9. The Morgan fingerprint density at radius 3 is 2.28 bits per heavy atom. The predicted molar refractivity (Wildman–Crippen MR) is 74.3 cm³/mol. The molecule has 0 heterocycles. The maximum Gasteiger partial charge on any atom is 0.290 e. The molecule has 18 heavy (non-hydrogen) atoms. The van der Waals surface area contributed by atoms with Crippen LogP contribution in [0.3, 0.4) is 0 Å². The Bertz CT molecular complexity index is 237. The van der Waals surface area contributed by atoms with Gasteiger partial charge in [0.2, 0.25) is 0 Å². The van der Waals surface area contributed by atoms with Gasteiger partial charge in [-0.3, -0.25) is 9.79 Å². The molecule has 0 bridgehead atoms. The van der Waals surface area contributed by atoms with E-state index < -0.39 is 0 Å². The third kappa shape index (κ3) is 29.3. The van der Waals surface area contributed by atoms with Gasteiger partial charge in [0, 0.05) is 6.04 Å². The molecule has 1 unspecified atom stereocenters. The summed E-state index contributed by atoms with van der Waals surface area (Å²) in [5.74, 6) is 0.154. The zero-order chi connectivity index (χ0) is 15.0. The lowest BCUT2D eigenvalue weighted by molar-refractivity contribution is -0.122. The van der Waals surface area contributed by atoms with E-state index in [9.17, 15) is 4.39 Å². The maximum absolute atomic E-state index is 12.9. The van der Waals surface area contributed by atoms with Gasteiger partial charge in [-0.15, -0.1) is 0 Å². The topological polar surface area (TPSA) is 102 Å². The number of halogens is 1. The van der Waals surface area contributed by atoms with Crippen LogP contribution in [-0.4, -0.2) is 30.0 Å². The summed E-state index contributed by atoms with van der Waals surface area (Å²) in [6.45, 7) is 7.32. The molecule has 0 rings (SSSR count). The van der Waals surface area contributed by atoms with Crippen LogP contribution in [-0.2, 0) is 4.79 Å². The minimum atomic E-state index is -0.250. The van der Waals surface area contributed by atoms with Crippen molar-refractivity contribution in [1.29, 1.82) is 0 Å². The third-order valence-corrected chi connectivity index (χ3v) is 1.47. The molecule has 0 aliphatic carbocycles. The summed E-state index contributed by atoms with van der Waals surface area (Å²) in [7, 11) is 0. The summed E-state index contributed by atoms with van der Waals surface area (Å²) in [5.41, 5.74) is 10.8. The van der Waals surface area contributed by atoms with E-state index in [4.69, 9.17) is 21.4 Å². The van der Waals surface area contributed by atoms with Crippen LogP contribution in [0.5, 0.6) is 0 Å². The lowest BCUT2D eigenvalue weighted by Crippen LogP contribution is -2.13. The second-order valence-corrected chi connectivity index (χ2v) is 3.27. The SMILES string of the molecule is CC.CC(N)=NC/C(F)=C\CCC(C)N.O=CO. The van der Waals surface area contributed by atoms with Crippen molar-refractivity contribution in [1.82, 2.24) is 0 Å². The Morgan fingerprint density at radius 2 is 1.94 bits per heavy atom. The number of nitrogens with two attached hydrogens (primary N) is 2. The fourth-order valence-corrected chi connectivity index (χ4v) is 0.768. The first kappa shape index (κ1) is 21.8. The molecule has 108 valence electrons. The Balaban J connectivity index is -0.000000389. The second kappa shape index (κ2) is 17.9. The van der Waals surface area contributed by atoms with Gasteiger partial charge in [0.15, 0.2) is 0 Å². The first-order valence-electron chi connectivity index (χ1n) is 5.88. The molecule has 0 aliphatic rings. The molecule has 1 atom stereocenters. The van der Waals surface area contributed by atoms with Gasteiger partial charge in [-0.2, -0.15) is 0 Å². The van der Waals surface area contributed by atoms with E-state index in [1.807, 2.05) is 20.8 Å². The number of rotatable bonds is 5. The van der Waals surface area contributed by atoms with Crippen LogP contribution < -0.4 is 11.5 Å². The molecule has 6 heteroatoms. The van der Waals surface area contributed by atoms with Gasteiger partial charge in [-0.05, 0) is 26.7 Å². The van der Waals surface area contributed by atoms with E-state index in [0.29, 0.717) is 12.3 Å². The summed E-state index contributed by atoms with van der Waals surface area (Å²) in [4.78, 5) is 12.1. The van der Waals surface area contributed by atoms with Crippen LogP contribution in [0.4, 0.5) is 4.39 Å². The molecular weight excluding hydrogens is 237 g/mol. The summed E-state index contributed by atoms with van der Waals surface area (Å²) < 4.78 is 12.9. The van der Waals surface area contributed by atoms with Gasteiger partial charge in [-0.25, -0.2) is 4.39 Å². The number of hydrogen-bond donors (Lipinski definition) is 3. The molecule has 0 amide bonds. The van der Waals surface area contributed by atoms with Crippen molar-refractivity contribution in [3.05, 3.63) is 11.9 Å². The van der Waals surface area contributed by atoms with E-state index in [-0.39, 0.29) is 24.9 Å². The van der Waals surface area contributed by atoms with Gasteiger partial charge in [0.05, 0.1) is 12.4 Å². The van der Waals surface area contributed by atoms with Crippen molar-refractivity contribution in [3.63, 3.8) is 0 Å². The second-order valence-electron chi connectivity index (χ2n) is 3.27. The van der Waals surface area contributed by atoms with Crippen molar-refractivity contribution in [2.75, 3.05) is 6.54 Å². The van der Waals surface area contributed by atoms with Gasteiger partial charge in [0.25, 0.3) is 6.47 Å². The van der Waals surface area contributed by atoms with Gasteiger partial charge < -0.3 is 16.6 Å². The zero-order valence-electron chi connectivity index (χ0n) is 11.7. The molecule has 0 aromatic carbocycles. The van der Waals surface area contributed by atoms with Crippen LogP contribution >= 0.6 is 0 Å². The molecule has 0 aromatic heterocycles. The zero-order valence-corrected chi connectivity index (χ0v) is 11.7. The van der Waals surface area contributed by atoms with Gasteiger partial charge in [-0.1, -0.05) is 19.9 Å². The normalized spacial score (nSPS) is 12.6. The average Bonchev–Trinajstić information content (AvgIpc) is 2.29. The molecule has 0 aromatic rings. The number of carboxylic acid groups (broad SMARTS) is 1. The van der Waals surface area contributed by atoms with Gasteiger partial charge in [0.1, 0.15) is 5.83 Å². The molecule has 5 nitrogen and oxygen atoms in total. The van der Waals surface area contributed by atoms with Crippen LogP contribution in [0.25, 0.3) is 0 Å². The van der Waals surface area contributed by atoms with Crippen molar-refractivity contribution >= 4 is 12.3 Å². The Kier molecular flexibility index (Phi) is 21.8. The molecule has 0 radical (unpaired) electrons. The number of amidine groups is 1. The molecule has 0 spiro atoms. The number of aliphatic imine (C=N–C) groups is 1. The largest absolute Gasteiger partial charge is 0.483 e. The predicted octanol–water partition coefficient (Wildman–Crippen LogP) is 2.07. The van der Waals surface area contributed by atoms with E-state index in [0.717, 1.165) is 6.42 Å². The smallest absolute Gasteiger partial charge is 0.290 e.